The third-order valence-electron chi connectivity index (χ3n) is 6.14. The van der Waals surface area contributed by atoms with E-state index in [1.54, 1.807) is 66.7 Å². The van der Waals surface area contributed by atoms with Gasteiger partial charge in [0.25, 0.3) is 17.7 Å². The Morgan fingerprint density at radius 1 is 0.676 bits per heavy atom. The van der Waals surface area contributed by atoms with Crippen molar-refractivity contribution in [2.24, 2.45) is 0 Å². The molecule has 0 atom stereocenters. The molecular formula is C28H29N3O3. The smallest absolute Gasteiger partial charge is 0.255 e. The molecule has 0 saturated heterocycles. The molecule has 0 aromatic heterocycles. The van der Waals surface area contributed by atoms with E-state index in [4.69, 9.17) is 0 Å². The Labute approximate surface area is 199 Å². The van der Waals surface area contributed by atoms with Crippen molar-refractivity contribution in [3.63, 3.8) is 0 Å². The number of benzene rings is 3. The first-order valence-corrected chi connectivity index (χ1v) is 11.7. The van der Waals surface area contributed by atoms with Crippen molar-refractivity contribution in [1.82, 2.24) is 5.32 Å². The van der Waals surface area contributed by atoms with Crippen LogP contribution in [0.4, 0.5) is 11.4 Å². The van der Waals surface area contributed by atoms with Crippen molar-refractivity contribution in [2.75, 3.05) is 10.6 Å². The molecule has 4 rings (SSSR count). The Hall–Kier alpha value is -3.93. The van der Waals surface area contributed by atoms with Gasteiger partial charge in [-0.05, 0) is 61.7 Å². The fourth-order valence-electron chi connectivity index (χ4n) is 4.18. The molecule has 0 unspecified atom stereocenters. The van der Waals surface area contributed by atoms with Gasteiger partial charge in [0.05, 0.1) is 11.3 Å². The molecule has 0 bridgehead atoms. The highest BCUT2D eigenvalue weighted by Crippen LogP contribution is 2.22. The first-order valence-electron chi connectivity index (χ1n) is 11.7. The van der Waals surface area contributed by atoms with Crippen LogP contribution in [0.2, 0.25) is 0 Å². The highest BCUT2D eigenvalue weighted by Gasteiger charge is 2.20. The van der Waals surface area contributed by atoms with Gasteiger partial charge in [-0.2, -0.15) is 0 Å². The molecule has 174 valence electrons. The summed E-state index contributed by atoms with van der Waals surface area (Å²) in [6.45, 7) is 1.87. The first kappa shape index (κ1) is 23.2. The average Bonchev–Trinajstić information content (AvgIpc) is 2.86. The quantitative estimate of drug-likeness (QED) is 0.455. The van der Waals surface area contributed by atoms with E-state index in [0.29, 0.717) is 28.1 Å². The summed E-state index contributed by atoms with van der Waals surface area (Å²) in [5.41, 5.74) is 3.21. The molecule has 0 heterocycles. The summed E-state index contributed by atoms with van der Waals surface area (Å²) in [4.78, 5) is 38.5. The molecule has 6 heteroatoms. The Kier molecular flexibility index (Phi) is 7.38. The van der Waals surface area contributed by atoms with E-state index in [1.165, 1.54) is 6.42 Å². The highest BCUT2D eigenvalue weighted by atomic mass is 16.2. The summed E-state index contributed by atoms with van der Waals surface area (Å²) in [6, 6.07) is 21.2. The fraction of sp³-hybridized carbons (Fsp3) is 0.250. The monoisotopic (exact) mass is 455 g/mol. The van der Waals surface area contributed by atoms with Gasteiger partial charge in [0, 0.05) is 22.9 Å². The molecule has 34 heavy (non-hydrogen) atoms. The molecule has 6 nitrogen and oxygen atoms in total. The average molecular weight is 456 g/mol. The molecule has 3 amide bonds. The molecule has 1 fully saturated rings. The fourth-order valence-corrected chi connectivity index (χ4v) is 4.18. The molecular weight excluding hydrogens is 426 g/mol. The summed E-state index contributed by atoms with van der Waals surface area (Å²) in [5.74, 6) is -0.776. The first-order chi connectivity index (χ1) is 16.5. The summed E-state index contributed by atoms with van der Waals surface area (Å²) < 4.78 is 0. The van der Waals surface area contributed by atoms with Crippen LogP contribution in [-0.4, -0.2) is 23.8 Å². The van der Waals surface area contributed by atoms with Gasteiger partial charge in [-0.1, -0.05) is 55.7 Å². The molecule has 0 radical (unpaired) electrons. The van der Waals surface area contributed by atoms with E-state index in [-0.39, 0.29) is 23.8 Å². The van der Waals surface area contributed by atoms with E-state index in [1.807, 2.05) is 13.0 Å². The van der Waals surface area contributed by atoms with Crippen LogP contribution < -0.4 is 16.0 Å². The Morgan fingerprint density at radius 2 is 1.32 bits per heavy atom. The van der Waals surface area contributed by atoms with Gasteiger partial charge >= 0.3 is 0 Å². The molecule has 3 aromatic rings. The van der Waals surface area contributed by atoms with Gasteiger partial charge in [0.2, 0.25) is 0 Å². The van der Waals surface area contributed by atoms with E-state index in [2.05, 4.69) is 16.0 Å². The van der Waals surface area contributed by atoms with Crippen LogP contribution in [0.5, 0.6) is 0 Å². The molecule has 1 aliphatic carbocycles. The van der Waals surface area contributed by atoms with Crippen molar-refractivity contribution in [1.29, 1.82) is 0 Å². The lowest BCUT2D eigenvalue weighted by atomic mass is 9.95. The van der Waals surface area contributed by atoms with Gasteiger partial charge in [0.1, 0.15) is 0 Å². The number of carbonyl (C=O) groups excluding carboxylic acids is 3. The van der Waals surface area contributed by atoms with Crippen LogP contribution >= 0.6 is 0 Å². The van der Waals surface area contributed by atoms with Crippen molar-refractivity contribution >= 4 is 29.1 Å². The number of aryl methyl sites for hydroxylation is 1. The van der Waals surface area contributed by atoms with E-state index >= 15 is 0 Å². The van der Waals surface area contributed by atoms with E-state index in [9.17, 15) is 14.4 Å². The highest BCUT2D eigenvalue weighted by molar-refractivity contribution is 6.10. The third kappa shape index (κ3) is 5.70. The lowest BCUT2D eigenvalue weighted by Gasteiger charge is -2.23. The molecule has 1 saturated carbocycles. The standard InChI is InChI=1S/C28H29N3O3/c1-19-16-17-21(18-25(19)31-26(32)20-10-4-2-5-11-20)27(33)30-24-15-9-8-14-23(24)28(34)29-22-12-6-3-7-13-22/h2,4-5,8-11,14-18,22H,3,6-7,12-13H2,1H3,(H,29,34)(H,30,33)(H,31,32). The largest absolute Gasteiger partial charge is 0.349 e. The number of anilines is 2. The van der Waals surface area contributed by atoms with Crippen molar-refractivity contribution in [3.05, 3.63) is 95.1 Å². The predicted octanol–water partition coefficient (Wildman–Crippen LogP) is 5.56. The minimum Gasteiger partial charge on any atom is -0.349 e. The lowest BCUT2D eigenvalue weighted by Crippen LogP contribution is -2.36. The van der Waals surface area contributed by atoms with Gasteiger partial charge in [0.15, 0.2) is 0 Å². The van der Waals surface area contributed by atoms with Crippen LogP contribution in [0.25, 0.3) is 0 Å². The third-order valence-corrected chi connectivity index (χ3v) is 6.14. The zero-order valence-electron chi connectivity index (χ0n) is 19.3. The summed E-state index contributed by atoms with van der Waals surface area (Å²) in [6.07, 6.45) is 5.44. The molecule has 3 aromatic carbocycles. The second kappa shape index (κ2) is 10.8. The molecule has 0 spiro atoms. The maximum absolute atomic E-state index is 13.0. The van der Waals surface area contributed by atoms with Gasteiger partial charge in [-0.3, -0.25) is 14.4 Å². The number of para-hydroxylation sites is 1. The second-order valence-corrected chi connectivity index (χ2v) is 8.66. The maximum atomic E-state index is 13.0. The van der Waals surface area contributed by atoms with Crippen molar-refractivity contribution < 1.29 is 14.4 Å². The van der Waals surface area contributed by atoms with Crippen LogP contribution in [0.1, 0.15) is 68.7 Å². The maximum Gasteiger partial charge on any atom is 0.255 e. The van der Waals surface area contributed by atoms with Crippen molar-refractivity contribution in [3.8, 4) is 0 Å². The van der Waals surface area contributed by atoms with Gasteiger partial charge < -0.3 is 16.0 Å². The van der Waals surface area contributed by atoms with Crippen molar-refractivity contribution in [2.45, 2.75) is 45.1 Å². The Balaban J connectivity index is 1.48. The van der Waals surface area contributed by atoms with E-state index in [0.717, 1.165) is 31.2 Å². The molecule has 3 N–H and O–H groups in total. The van der Waals surface area contributed by atoms with Crippen LogP contribution in [-0.2, 0) is 0 Å². The number of carbonyl (C=O) groups is 3. The minimum atomic E-state index is -0.354. The second-order valence-electron chi connectivity index (χ2n) is 8.66. The number of amides is 3. The number of nitrogens with one attached hydrogen (secondary N) is 3. The topological polar surface area (TPSA) is 87.3 Å². The van der Waals surface area contributed by atoms with Crippen LogP contribution in [0.3, 0.4) is 0 Å². The normalized spacial score (nSPS) is 13.7. The molecule has 0 aliphatic heterocycles. The number of hydrogen-bond donors (Lipinski definition) is 3. The number of rotatable bonds is 6. The predicted molar refractivity (Wildman–Crippen MR) is 134 cm³/mol. The number of hydrogen-bond acceptors (Lipinski definition) is 3. The zero-order valence-corrected chi connectivity index (χ0v) is 19.3. The Bertz CT molecular complexity index is 1180. The summed E-state index contributed by atoms with van der Waals surface area (Å²) >= 11 is 0. The Morgan fingerprint density at radius 3 is 2.09 bits per heavy atom. The summed E-state index contributed by atoms with van der Waals surface area (Å²) in [7, 11) is 0. The minimum absolute atomic E-state index is 0.178. The summed E-state index contributed by atoms with van der Waals surface area (Å²) in [5, 5.41) is 8.85. The molecule has 1 aliphatic rings. The SMILES string of the molecule is Cc1ccc(C(=O)Nc2ccccc2C(=O)NC2CCCCC2)cc1NC(=O)c1ccccc1. The lowest BCUT2D eigenvalue weighted by molar-refractivity contribution is 0.0928. The van der Waals surface area contributed by atoms with Crippen LogP contribution in [0, 0.1) is 6.92 Å². The van der Waals surface area contributed by atoms with Gasteiger partial charge in [-0.25, -0.2) is 0 Å². The van der Waals surface area contributed by atoms with Gasteiger partial charge in [-0.15, -0.1) is 0 Å². The van der Waals surface area contributed by atoms with Crippen LogP contribution in [0.15, 0.2) is 72.8 Å². The van der Waals surface area contributed by atoms with E-state index < -0.39 is 0 Å². The zero-order chi connectivity index (χ0) is 23.9.